The third-order valence-corrected chi connectivity index (χ3v) is 6.60. The number of methoxy groups -OCH3 is 3. The third kappa shape index (κ3) is 2.73. The Kier molecular flexibility index (Phi) is 4.57. The molecule has 0 atom stereocenters. The van der Waals surface area contributed by atoms with Crippen LogP contribution >= 0.6 is 22.7 Å². The molecule has 26 heavy (non-hydrogen) atoms. The van der Waals surface area contributed by atoms with Gasteiger partial charge in [0.1, 0.15) is 17.2 Å². The minimum absolute atomic E-state index is 0.710. The van der Waals surface area contributed by atoms with Crippen LogP contribution in [-0.2, 0) is 0 Å². The van der Waals surface area contributed by atoms with E-state index in [1.165, 1.54) is 20.5 Å². The molecule has 5 heteroatoms. The standard InChI is InChI=1S/C21H18O3S2/c1-22-13-11-16(23-2)19(17(12-13)24-3)21-15-8-5-4-7-14(15)20(26-21)18-9-6-10-25-18/h4-12H,1-3H3. The Hall–Kier alpha value is -2.50. The molecule has 0 aliphatic rings. The van der Waals surface area contributed by atoms with Crippen LogP contribution in [0.15, 0.2) is 53.9 Å². The molecule has 0 bridgehead atoms. The van der Waals surface area contributed by atoms with E-state index in [9.17, 15) is 0 Å². The fourth-order valence-corrected chi connectivity index (χ4v) is 5.30. The Labute approximate surface area is 160 Å². The van der Waals surface area contributed by atoms with E-state index >= 15 is 0 Å². The number of thiophene rings is 2. The molecule has 132 valence electrons. The first-order valence-corrected chi connectivity index (χ1v) is 9.82. The molecule has 0 fully saturated rings. The first kappa shape index (κ1) is 16.9. The summed E-state index contributed by atoms with van der Waals surface area (Å²) in [5.74, 6) is 2.19. The van der Waals surface area contributed by atoms with Crippen molar-refractivity contribution in [1.82, 2.24) is 0 Å². The molecular weight excluding hydrogens is 364 g/mol. The van der Waals surface area contributed by atoms with Crippen LogP contribution in [0.1, 0.15) is 0 Å². The average Bonchev–Trinajstić information content (AvgIpc) is 3.34. The first-order valence-electron chi connectivity index (χ1n) is 8.12. The summed E-state index contributed by atoms with van der Waals surface area (Å²) in [7, 11) is 4.99. The van der Waals surface area contributed by atoms with Gasteiger partial charge in [-0.2, -0.15) is 0 Å². The molecular formula is C21H18O3S2. The average molecular weight is 383 g/mol. The van der Waals surface area contributed by atoms with Crippen molar-refractivity contribution in [2.24, 2.45) is 0 Å². The Bertz CT molecular complexity index is 1020. The van der Waals surface area contributed by atoms with Gasteiger partial charge >= 0.3 is 0 Å². The van der Waals surface area contributed by atoms with E-state index in [4.69, 9.17) is 14.2 Å². The maximum atomic E-state index is 5.68. The highest BCUT2D eigenvalue weighted by atomic mass is 32.1. The topological polar surface area (TPSA) is 27.7 Å². The number of rotatable bonds is 5. The summed E-state index contributed by atoms with van der Waals surface area (Å²) in [6, 6.07) is 16.5. The van der Waals surface area contributed by atoms with Gasteiger partial charge in [-0.25, -0.2) is 0 Å². The van der Waals surface area contributed by atoms with E-state index in [2.05, 4.69) is 41.8 Å². The number of benzene rings is 2. The second kappa shape index (κ2) is 7.02. The van der Waals surface area contributed by atoms with Gasteiger partial charge in [0.25, 0.3) is 0 Å². The summed E-state index contributed by atoms with van der Waals surface area (Å²) in [6.45, 7) is 0. The van der Waals surface area contributed by atoms with Crippen molar-refractivity contribution >= 4 is 33.4 Å². The Balaban J connectivity index is 2.04. The summed E-state index contributed by atoms with van der Waals surface area (Å²) >= 11 is 3.52. The number of fused-ring (bicyclic) bond motifs is 1. The number of hydrogen-bond acceptors (Lipinski definition) is 5. The molecule has 2 aromatic heterocycles. The predicted octanol–water partition coefficient (Wildman–Crippen LogP) is 6.32. The zero-order valence-corrected chi connectivity index (χ0v) is 16.4. The molecule has 0 saturated heterocycles. The first-order chi connectivity index (χ1) is 12.8. The lowest BCUT2D eigenvalue weighted by atomic mass is 10.0. The summed E-state index contributed by atoms with van der Waals surface area (Å²) in [5, 5.41) is 4.55. The van der Waals surface area contributed by atoms with Crippen LogP contribution in [0.4, 0.5) is 0 Å². The van der Waals surface area contributed by atoms with Crippen LogP contribution in [0.2, 0.25) is 0 Å². The highest BCUT2D eigenvalue weighted by Crippen LogP contribution is 2.51. The molecule has 0 N–H and O–H groups in total. The van der Waals surface area contributed by atoms with Crippen molar-refractivity contribution in [3.63, 3.8) is 0 Å². The lowest BCUT2D eigenvalue weighted by molar-refractivity contribution is 0.378. The summed E-state index contributed by atoms with van der Waals surface area (Å²) in [4.78, 5) is 3.68. The van der Waals surface area contributed by atoms with Gasteiger partial charge in [0.15, 0.2) is 0 Å². The predicted molar refractivity (Wildman–Crippen MR) is 110 cm³/mol. The summed E-state index contributed by atoms with van der Waals surface area (Å²) in [5.41, 5.74) is 0.958. The van der Waals surface area contributed by atoms with Crippen LogP contribution in [0.3, 0.4) is 0 Å². The normalized spacial score (nSPS) is 10.9. The van der Waals surface area contributed by atoms with Crippen LogP contribution in [0, 0.1) is 0 Å². The second-order valence-corrected chi connectivity index (χ2v) is 7.66. The van der Waals surface area contributed by atoms with Crippen LogP contribution in [0.25, 0.3) is 31.0 Å². The summed E-state index contributed by atoms with van der Waals surface area (Å²) in [6.07, 6.45) is 0. The van der Waals surface area contributed by atoms with Gasteiger partial charge in [0.05, 0.1) is 36.6 Å². The minimum Gasteiger partial charge on any atom is -0.496 e. The summed E-state index contributed by atoms with van der Waals surface area (Å²) < 4.78 is 16.8. The largest absolute Gasteiger partial charge is 0.496 e. The highest BCUT2D eigenvalue weighted by molar-refractivity contribution is 7.25. The van der Waals surface area contributed by atoms with Crippen LogP contribution < -0.4 is 14.2 Å². The van der Waals surface area contributed by atoms with E-state index in [0.29, 0.717) is 5.75 Å². The molecule has 0 amide bonds. The lowest BCUT2D eigenvalue weighted by Crippen LogP contribution is -1.94. The molecule has 0 radical (unpaired) electrons. The fraction of sp³-hybridized carbons (Fsp3) is 0.143. The maximum Gasteiger partial charge on any atom is 0.134 e. The SMILES string of the molecule is COc1cc(OC)c(-c2sc(-c3cccs3)c3ccccc23)c(OC)c1. The van der Waals surface area contributed by atoms with Crippen LogP contribution in [-0.4, -0.2) is 21.3 Å². The fourth-order valence-electron chi connectivity index (χ4n) is 3.10. The molecule has 2 heterocycles. The van der Waals surface area contributed by atoms with Crippen molar-refractivity contribution < 1.29 is 14.2 Å². The van der Waals surface area contributed by atoms with Gasteiger partial charge in [-0.3, -0.25) is 0 Å². The monoisotopic (exact) mass is 382 g/mol. The maximum absolute atomic E-state index is 5.68. The lowest BCUT2D eigenvalue weighted by Gasteiger charge is -2.14. The van der Waals surface area contributed by atoms with E-state index in [1.54, 1.807) is 44.0 Å². The Morgan fingerprint density at radius 2 is 1.38 bits per heavy atom. The number of hydrogen-bond donors (Lipinski definition) is 0. The van der Waals surface area contributed by atoms with E-state index < -0.39 is 0 Å². The van der Waals surface area contributed by atoms with E-state index in [-0.39, 0.29) is 0 Å². The Morgan fingerprint density at radius 1 is 0.731 bits per heavy atom. The van der Waals surface area contributed by atoms with Gasteiger partial charge in [-0.05, 0) is 11.4 Å². The van der Waals surface area contributed by atoms with Crippen molar-refractivity contribution in [3.8, 4) is 37.4 Å². The molecule has 2 aromatic carbocycles. The third-order valence-electron chi connectivity index (χ3n) is 4.31. The quantitative estimate of drug-likeness (QED) is 0.404. The van der Waals surface area contributed by atoms with Gasteiger partial charge in [-0.1, -0.05) is 30.3 Å². The van der Waals surface area contributed by atoms with Crippen molar-refractivity contribution in [1.29, 1.82) is 0 Å². The highest BCUT2D eigenvalue weighted by Gasteiger charge is 2.22. The zero-order valence-electron chi connectivity index (χ0n) is 14.7. The van der Waals surface area contributed by atoms with Gasteiger partial charge < -0.3 is 14.2 Å². The van der Waals surface area contributed by atoms with Gasteiger partial charge in [0, 0.05) is 27.8 Å². The Morgan fingerprint density at radius 3 is 1.92 bits per heavy atom. The van der Waals surface area contributed by atoms with Crippen molar-refractivity contribution in [3.05, 3.63) is 53.9 Å². The number of ether oxygens (including phenoxy) is 3. The second-order valence-electron chi connectivity index (χ2n) is 5.69. The molecule has 0 saturated carbocycles. The van der Waals surface area contributed by atoms with E-state index in [1.807, 2.05) is 12.1 Å². The van der Waals surface area contributed by atoms with E-state index in [0.717, 1.165) is 21.9 Å². The molecule has 0 spiro atoms. The smallest absolute Gasteiger partial charge is 0.134 e. The molecule has 4 aromatic rings. The molecule has 4 rings (SSSR count). The minimum atomic E-state index is 0.710. The van der Waals surface area contributed by atoms with Gasteiger partial charge in [-0.15, -0.1) is 22.7 Å². The van der Waals surface area contributed by atoms with Gasteiger partial charge in [0.2, 0.25) is 0 Å². The molecule has 3 nitrogen and oxygen atoms in total. The zero-order chi connectivity index (χ0) is 18.1. The molecule has 0 aliphatic carbocycles. The molecule has 0 aliphatic heterocycles. The van der Waals surface area contributed by atoms with Crippen LogP contribution in [0.5, 0.6) is 17.2 Å². The molecule has 0 unspecified atom stereocenters. The van der Waals surface area contributed by atoms with Crippen molar-refractivity contribution in [2.45, 2.75) is 0 Å². The van der Waals surface area contributed by atoms with Crippen molar-refractivity contribution in [2.75, 3.05) is 21.3 Å².